The Morgan fingerprint density at radius 2 is 1.91 bits per heavy atom. The number of methoxy groups -OCH3 is 1. The molecule has 34 heavy (non-hydrogen) atoms. The van der Waals surface area contributed by atoms with E-state index < -0.39 is 23.5 Å². The van der Waals surface area contributed by atoms with Crippen molar-refractivity contribution in [3.63, 3.8) is 0 Å². The highest BCUT2D eigenvalue weighted by molar-refractivity contribution is 7.09. The van der Waals surface area contributed by atoms with Crippen molar-refractivity contribution in [1.82, 2.24) is 4.90 Å². The van der Waals surface area contributed by atoms with Crippen molar-refractivity contribution in [3.8, 4) is 5.75 Å². The smallest absolute Gasteiger partial charge is 0.290 e. The number of ether oxygens (including phenoxy) is 1. The molecule has 0 aliphatic carbocycles. The molecule has 1 unspecified atom stereocenters. The van der Waals surface area contributed by atoms with Crippen LogP contribution in [0, 0.1) is 0 Å². The summed E-state index contributed by atoms with van der Waals surface area (Å²) in [7, 11) is 1.47. The molecule has 2 aromatic heterocycles. The third kappa shape index (κ3) is 3.86. The maximum absolute atomic E-state index is 13.7. The SMILES string of the molecule is COc1cc(Cl)cc2cc(C(=O)C3=C(O)C(=O)N(Cc4cccs4)C3c3ccc(Cl)cc3)oc12. The van der Waals surface area contributed by atoms with Gasteiger partial charge in [-0.3, -0.25) is 9.59 Å². The van der Waals surface area contributed by atoms with Gasteiger partial charge in [0.1, 0.15) is 0 Å². The maximum atomic E-state index is 13.7. The Labute approximate surface area is 208 Å². The van der Waals surface area contributed by atoms with Crippen LogP contribution < -0.4 is 4.74 Å². The van der Waals surface area contributed by atoms with E-state index >= 15 is 0 Å². The summed E-state index contributed by atoms with van der Waals surface area (Å²) in [6.07, 6.45) is 0. The molecular weight excluding hydrogens is 497 g/mol. The number of Topliss-reactive ketones (excluding diaryl/α,β-unsaturated/α-hetero) is 1. The van der Waals surface area contributed by atoms with Crippen LogP contribution in [0.4, 0.5) is 0 Å². The lowest BCUT2D eigenvalue weighted by molar-refractivity contribution is -0.130. The fourth-order valence-corrected chi connectivity index (χ4v) is 5.14. The third-order valence-electron chi connectivity index (χ3n) is 5.63. The van der Waals surface area contributed by atoms with Crippen molar-refractivity contribution in [2.24, 2.45) is 0 Å². The zero-order chi connectivity index (χ0) is 24.0. The van der Waals surface area contributed by atoms with E-state index in [2.05, 4.69) is 0 Å². The van der Waals surface area contributed by atoms with E-state index in [1.807, 2.05) is 17.5 Å². The van der Waals surface area contributed by atoms with Crippen molar-refractivity contribution >= 4 is 57.2 Å². The number of furan rings is 1. The molecule has 6 nitrogen and oxygen atoms in total. The second kappa shape index (κ2) is 8.83. The normalized spacial score (nSPS) is 16.0. The molecule has 172 valence electrons. The number of nitrogens with zero attached hydrogens (tertiary/aromatic N) is 1. The summed E-state index contributed by atoms with van der Waals surface area (Å²) >= 11 is 13.7. The van der Waals surface area contributed by atoms with Gasteiger partial charge in [0.15, 0.2) is 22.9 Å². The molecule has 0 spiro atoms. The summed E-state index contributed by atoms with van der Waals surface area (Å²) in [5.41, 5.74) is 0.921. The Hall–Kier alpha value is -3.26. The van der Waals surface area contributed by atoms with Gasteiger partial charge in [0.2, 0.25) is 5.78 Å². The first-order valence-electron chi connectivity index (χ1n) is 10.2. The fraction of sp³-hybridized carbons (Fsp3) is 0.120. The van der Waals surface area contributed by atoms with Gasteiger partial charge in [-0.2, -0.15) is 0 Å². The number of hydrogen-bond acceptors (Lipinski definition) is 6. The summed E-state index contributed by atoms with van der Waals surface area (Å²) in [5.74, 6) is -1.51. The van der Waals surface area contributed by atoms with Crippen LogP contribution in [-0.4, -0.2) is 28.8 Å². The third-order valence-corrected chi connectivity index (χ3v) is 6.96. The van der Waals surface area contributed by atoms with E-state index in [0.29, 0.717) is 32.3 Å². The van der Waals surface area contributed by atoms with Crippen molar-refractivity contribution < 1.29 is 23.8 Å². The van der Waals surface area contributed by atoms with Gasteiger partial charge in [0, 0.05) is 26.4 Å². The zero-order valence-electron chi connectivity index (χ0n) is 17.7. The van der Waals surface area contributed by atoms with E-state index in [-0.39, 0.29) is 17.9 Å². The number of hydrogen-bond donors (Lipinski definition) is 1. The van der Waals surface area contributed by atoms with Crippen LogP contribution in [0.2, 0.25) is 10.0 Å². The fourth-order valence-electron chi connectivity index (χ4n) is 4.09. The first-order chi connectivity index (χ1) is 16.4. The minimum absolute atomic E-state index is 0.0400. The number of halogens is 2. The first-order valence-corrected chi connectivity index (χ1v) is 11.8. The lowest BCUT2D eigenvalue weighted by atomic mass is 9.95. The van der Waals surface area contributed by atoms with E-state index in [4.69, 9.17) is 32.4 Å². The Balaban J connectivity index is 1.61. The topological polar surface area (TPSA) is 80.0 Å². The van der Waals surface area contributed by atoms with Gasteiger partial charge in [0.25, 0.3) is 5.91 Å². The van der Waals surface area contributed by atoms with Crippen LogP contribution >= 0.6 is 34.5 Å². The molecule has 5 rings (SSSR count). The highest BCUT2D eigenvalue weighted by atomic mass is 35.5. The monoisotopic (exact) mass is 513 g/mol. The van der Waals surface area contributed by atoms with Gasteiger partial charge in [-0.05, 0) is 41.3 Å². The summed E-state index contributed by atoms with van der Waals surface area (Å²) in [5, 5.41) is 14.3. The van der Waals surface area contributed by atoms with Crippen molar-refractivity contribution in [2.75, 3.05) is 7.11 Å². The second-order valence-electron chi connectivity index (χ2n) is 7.69. The number of aliphatic hydroxyl groups excluding tert-OH is 1. The summed E-state index contributed by atoms with van der Waals surface area (Å²) in [4.78, 5) is 29.2. The molecule has 4 aromatic rings. The Morgan fingerprint density at radius 1 is 1.15 bits per heavy atom. The van der Waals surface area contributed by atoms with Crippen LogP contribution in [0.5, 0.6) is 5.75 Å². The molecule has 0 saturated heterocycles. The molecule has 1 aliphatic rings. The van der Waals surface area contributed by atoms with Gasteiger partial charge < -0.3 is 19.2 Å². The Bertz CT molecular complexity index is 1440. The molecule has 1 atom stereocenters. The van der Waals surface area contributed by atoms with E-state index in [0.717, 1.165) is 4.88 Å². The molecule has 0 fully saturated rings. The number of rotatable bonds is 6. The lowest BCUT2D eigenvalue weighted by Gasteiger charge is -2.26. The van der Waals surface area contributed by atoms with E-state index in [1.54, 1.807) is 36.4 Å². The molecule has 1 aliphatic heterocycles. The number of fused-ring (bicyclic) bond motifs is 1. The van der Waals surface area contributed by atoms with Gasteiger partial charge >= 0.3 is 0 Å². The average molecular weight is 514 g/mol. The molecule has 0 bridgehead atoms. The minimum Gasteiger partial charge on any atom is -0.503 e. The zero-order valence-corrected chi connectivity index (χ0v) is 20.1. The van der Waals surface area contributed by atoms with Crippen LogP contribution in [0.25, 0.3) is 11.0 Å². The summed E-state index contributed by atoms with van der Waals surface area (Å²) in [6, 6.07) is 14.5. The molecular formula is C25H17Cl2NO5S. The van der Waals surface area contributed by atoms with E-state index in [9.17, 15) is 14.7 Å². The highest BCUT2D eigenvalue weighted by Gasteiger charge is 2.44. The molecule has 3 heterocycles. The Kier molecular flexibility index (Phi) is 5.85. The molecule has 0 radical (unpaired) electrons. The number of aliphatic hydroxyl groups is 1. The maximum Gasteiger partial charge on any atom is 0.290 e. The van der Waals surface area contributed by atoms with Gasteiger partial charge in [-0.1, -0.05) is 41.4 Å². The van der Waals surface area contributed by atoms with Gasteiger partial charge in [-0.15, -0.1) is 11.3 Å². The molecule has 1 amide bonds. The van der Waals surface area contributed by atoms with Crippen molar-refractivity contribution in [3.05, 3.63) is 97.6 Å². The largest absolute Gasteiger partial charge is 0.503 e. The first kappa shape index (κ1) is 22.5. The number of thiophene rings is 1. The van der Waals surface area contributed by atoms with Crippen molar-refractivity contribution in [2.45, 2.75) is 12.6 Å². The van der Waals surface area contributed by atoms with Gasteiger partial charge in [-0.25, -0.2) is 0 Å². The Morgan fingerprint density at radius 3 is 2.59 bits per heavy atom. The lowest BCUT2D eigenvalue weighted by Crippen LogP contribution is -2.30. The van der Waals surface area contributed by atoms with E-state index in [1.165, 1.54) is 29.4 Å². The molecule has 9 heteroatoms. The van der Waals surface area contributed by atoms with Crippen LogP contribution in [0.15, 0.2) is 75.7 Å². The van der Waals surface area contributed by atoms with Gasteiger partial charge in [0.05, 0.1) is 25.3 Å². The number of carbonyl (C=O) groups is 2. The average Bonchev–Trinajstić information content (AvgIpc) is 3.54. The number of amides is 1. The highest BCUT2D eigenvalue weighted by Crippen LogP contribution is 2.42. The summed E-state index contributed by atoms with van der Waals surface area (Å²) < 4.78 is 11.1. The quantitative estimate of drug-likeness (QED) is 0.294. The van der Waals surface area contributed by atoms with Crippen molar-refractivity contribution in [1.29, 1.82) is 0 Å². The van der Waals surface area contributed by atoms with Crippen LogP contribution in [0.1, 0.15) is 27.0 Å². The molecule has 0 saturated carbocycles. The predicted octanol–water partition coefficient (Wildman–Crippen LogP) is 6.59. The number of carbonyl (C=O) groups excluding carboxylic acids is 2. The second-order valence-corrected chi connectivity index (χ2v) is 9.60. The van der Waals surface area contributed by atoms with Crippen LogP contribution in [0.3, 0.4) is 0 Å². The molecule has 2 aromatic carbocycles. The standard InChI is InChI=1S/C25H17Cl2NO5S/c1-32-19-11-16(27)9-14-10-18(33-24(14)19)22(29)20-21(13-4-6-15(26)7-5-13)28(25(31)23(20)30)12-17-3-2-8-34-17/h2-11,21,30H,12H2,1H3. The summed E-state index contributed by atoms with van der Waals surface area (Å²) in [6.45, 7) is 0.230. The number of benzene rings is 2. The number of ketones is 1. The predicted molar refractivity (Wildman–Crippen MR) is 131 cm³/mol. The minimum atomic E-state index is -0.821. The van der Waals surface area contributed by atoms with Crippen LogP contribution in [-0.2, 0) is 11.3 Å². The molecule has 1 N–H and O–H groups in total.